The van der Waals surface area contributed by atoms with Crippen molar-refractivity contribution in [3.8, 4) is 0 Å². The number of carbonyl (C=O) groups is 1. The number of nitrogens with one attached hydrogen (secondary N) is 2. The Morgan fingerprint density at radius 3 is 3.06 bits per heavy atom. The van der Waals surface area contributed by atoms with Crippen LogP contribution in [0.15, 0.2) is 12.5 Å². The van der Waals surface area contributed by atoms with Gasteiger partial charge in [0.25, 0.3) is 0 Å². The molecule has 1 aromatic heterocycles. The van der Waals surface area contributed by atoms with E-state index in [-0.39, 0.29) is 11.9 Å². The van der Waals surface area contributed by atoms with Crippen molar-refractivity contribution in [3.05, 3.63) is 18.2 Å². The summed E-state index contributed by atoms with van der Waals surface area (Å²) in [4.78, 5) is 15.9. The predicted molar refractivity (Wildman–Crippen MR) is 70.4 cm³/mol. The van der Waals surface area contributed by atoms with Crippen LogP contribution in [0.2, 0.25) is 0 Å². The average molecular weight is 250 g/mol. The zero-order valence-corrected chi connectivity index (χ0v) is 11.1. The molecule has 1 saturated heterocycles. The summed E-state index contributed by atoms with van der Waals surface area (Å²) >= 11 is 0. The van der Waals surface area contributed by atoms with Gasteiger partial charge in [0.1, 0.15) is 0 Å². The second kappa shape index (κ2) is 6.00. The van der Waals surface area contributed by atoms with Gasteiger partial charge in [-0.3, -0.25) is 4.79 Å². The van der Waals surface area contributed by atoms with Gasteiger partial charge in [0.05, 0.1) is 6.33 Å². The fourth-order valence-corrected chi connectivity index (χ4v) is 2.03. The number of nitrogens with zero attached hydrogens (tertiary/aromatic N) is 2. The Kier molecular flexibility index (Phi) is 4.36. The summed E-state index contributed by atoms with van der Waals surface area (Å²) in [7, 11) is 0. The van der Waals surface area contributed by atoms with Crippen LogP contribution >= 0.6 is 0 Å². The molecule has 1 aliphatic heterocycles. The van der Waals surface area contributed by atoms with E-state index in [1.54, 1.807) is 0 Å². The van der Waals surface area contributed by atoms with Gasteiger partial charge in [-0.15, -0.1) is 0 Å². The Hall–Kier alpha value is -1.36. The van der Waals surface area contributed by atoms with Crippen LogP contribution in [-0.4, -0.2) is 34.6 Å². The number of imidazole rings is 1. The standard InChI is InChI=1S/C13H22N4O/c1-3-10(2)16-13(18)4-5-17-9-15-8-12(17)11-6-14-7-11/h8-11,14H,3-7H2,1-2H3,(H,16,18). The number of amides is 1. The van der Waals surface area contributed by atoms with Crippen LogP contribution < -0.4 is 10.6 Å². The number of hydrogen-bond donors (Lipinski definition) is 2. The molecule has 0 saturated carbocycles. The van der Waals surface area contributed by atoms with Gasteiger partial charge in [-0.05, 0) is 13.3 Å². The minimum absolute atomic E-state index is 0.121. The van der Waals surface area contributed by atoms with E-state index in [1.807, 2.05) is 19.4 Å². The third kappa shape index (κ3) is 3.10. The Morgan fingerprint density at radius 2 is 2.44 bits per heavy atom. The quantitative estimate of drug-likeness (QED) is 0.788. The van der Waals surface area contributed by atoms with E-state index < -0.39 is 0 Å². The molecule has 0 spiro atoms. The molecule has 1 amide bonds. The van der Waals surface area contributed by atoms with Crippen molar-refractivity contribution >= 4 is 5.91 Å². The summed E-state index contributed by atoms with van der Waals surface area (Å²) in [6.45, 7) is 6.85. The third-order valence-corrected chi connectivity index (χ3v) is 3.54. The Balaban J connectivity index is 1.82. The van der Waals surface area contributed by atoms with Crippen molar-refractivity contribution in [2.24, 2.45) is 0 Å². The molecular formula is C13H22N4O. The number of carbonyl (C=O) groups excluding carboxylic acids is 1. The molecule has 18 heavy (non-hydrogen) atoms. The zero-order chi connectivity index (χ0) is 13.0. The van der Waals surface area contributed by atoms with E-state index in [4.69, 9.17) is 0 Å². The van der Waals surface area contributed by atoms with E-state index in [1.165, 1.54) is 5.69 Å². The van der Waals surface area contributed by atoms with Gasteiger partial charge in [-0.1, -0.05) is 6.92 Å². The largest absolute Gasteiger partial charge is 0.354 e. The summed E-state index contributed by atoms with van der Waals surface area (Å²) in [5, 5.41) is 6.24. The first-order chi connectivity index (χ1) is 8.70. The molecule has 0 aromatic carbocycles. The smallest absolute Gasteiger partial charge is 0.221 e. The Morgan fingerprint density at radius 1 is 1.67 bits per heavy atom. The lowest BCUT2D eigenvalue weighted by molar-refractivity contribution is -0.121. The van der Waals surface area contributed by atoms with Crippen molar-refractivity contribution in [2.45, 2.75) is 45.2 Å². The first kappa shape index (κ1) is 13.1. The van der Waals surface area contributed by atoms with E-state index in [9.17, 15) is 4.79 Å². The first-order valence-electron chi connectivity index (χ1n) is 6.70. The molecule has 2 N–H and O–H groups in total. The SMILES string of the molecule is CCC(C)NC(=O)CCn1cncc1C1CNC1. The maximum absolute atomic E-state index is 11.7. The fourth-order valence-electron chi connectivity index (χ4n) is 2.03. The highest BCUT2D eigenvalue weighted by Crippen LogP contribution is 2.19. The van der Waals surface area contributed by atoms with Crippen molar-refractivity contribution < 1.29 is 4.79 Å². The Bertz CT molecular complexity index is 397. The summed E-state index contributed by atoms with van der Waals surface area (Å²) in [5.74, 6) is 0.681. The van der Waals surface area contributed by atoms with Gasteiger partial charge < -0.3 is 15.2 Å². The summed E-state index contributed by atoms with van der Waals surface area (Å²) in [5.41, 5.74) is 1.24. The minimum atomic E-state index is 0.121. The van der Waals surface area contributed by atoms with Gasteiger partial charge in [-0.2, -0.15) is 0 Å². The monoisotopic (exact) mass is 250 g/mol. The highest BCUT2D eigenvalue weighted by atomic mass is 16.1. The normalized spacial score (nSPS) is 17.2. The molecule has 1 aromatic rings. The lowest BCUT2D eigenvalue weighted by atomic mass is 10.00. The van der Waals surface area contributed by atoms with Crippen LogP contribution in [0.1, 0.15) is 38.3 Å². The van der Waals surface area contributed by atoms with E-state index in [0.717, 1.165) is 19.5 Å². The molecule has 5 nitrogen and oxygen atoms in total. The average Bonchev–Trinajstić information content (AvgIpc) is 2.72. The molecule has 2 heterocycles. The van der Waals surface area contributed by atoms with Crippen LogP contribution in [0.3, 0.4) is 0 Å². The molecule has 1 unspecified atom stereocenters. The maximum Gasteiger partial charge on any atom is 0.221 e. The molecule has 5 heteroatoms. The maximum atomic E-state index is 11.7. The second-order valence-electron chi connectivity index (χ2n) is 4.99. The second-order valence-corrected chi connectivity index (χ2v) is 4.99. The van der Waals surface area contributed by atoms with Gasteiger partial charge in [0.15, 0.2) is 0 Å². The summed E-state index contributed by atoms with van der Waals surface area (Å²) < 4.78 is 2.10. The molecule has 1 atom stereocenters. The molecule has 0 bridgehead atoms. The molecule has 0 aliphatic carbocycles. The van der Waals surface area contributed by atoms with E-state index in [0.29, 0.717) is 18.9 Å². The van der Waals surface area contributed by atoms with Crippen LogP contribution in [0.5, 0.6) is 0 Å². The lowest BCUT2D eigenvalue weighted by Crippen LogP contribution is -2.41. The van der Waals surface area contributed by atoms with Crippen LogP contribution in [0, 0.1) is 0 Å². The van der Waals surface area contributed by atoms with Crippen molar-refractivity contribution in [3.63, 3.8) is 0 Å². The minimum Gasteiger partial charge on any atom is -0.354 e. The number of hydrogen-bond acceptors (Lipinski definition) is 3. The highest BCUT2D eigenvalue weighted by molar-refractivity contribution is 5.76. The van der Waals surface area contributed by atoms with E-state index >= 15 is 0 Å². The zero-order valence-electron chi connectivity index (χ0n) is 11.1. The number of rotatable bonds is 6. The molecule has 0 radical (unpaired) electrons. The number of aromatic nitrogens is 2. The fraction of sp³-hybridized carbons (Fsp3) is 0.692. The van der Waals surface area contributed by atoms with Crippen LogP contribution in [-0.2, 0) is 11.3 Å². The molecular weight excluding hydrogens is 228 g/mol. The molecule has 1 aliphatic rings. The topological polar surface area (TPSA) is 59.0 Å². The highest BCUT2D eigenvalue weighted by Gasteiger charge is 2.22. The first-order valence-corrected chi connectivity index (χ1v) is 6.70. The summed E-state index contributed by atoms with van der Waals surface area (Å²) in [6.07, 6.45) is 5.23. The summed E-state index contributed by atoms with van der Waals surface area (Å²) in [6, 6.07) is 0.260. The Labute approximate surface area is 108 Å². The third-order valence-electron chi connectivity index (χ3n) is 3.54. The van der Waals surface area contributed by atoms with Crippen LogP contribution in [0.4, 0.5) is 0 Å². The van der Waals surface area contributed by atoms with E-state index in [2.05, 4.69) is 27.1 Å². The number of aryl methyl sites for hydroxylation is 1. The van der Waals surface area contributed by atoms with Gasteiger partial charge in [0.2, 0.25) is 5.91 Å². The van der Waals surface area contributed by atoms with Crippen molar-refractivity contribution in [1.29, 1.82) is 0 Å². The van der Waals surface area contributed by atoms with Crippen molar-refractivity contribution in [1.82, 2.24) is 20.2 Å². The lowest BCUT2D eigenvalue weighted by Gasteiger charge is -2.27. The van der Waals surface area contributed by atoms with Gasteiger partial charge in [0, 0.05) is 49.9 Å². The molecule has 2 rings (SSSR count). The molecule has 100 valence electrons. The molecule has 1 fully saturated rings. The van der Waals surface area contributed by atoms with Crippen LogP contribution in [0.25, 0.3) is 0 Å². The van der Waals surface area contributed by atoms with Gasteiger partial charge in [-0.25, -0.2) is 4.98 Å². The predicted octanol–water partition coefficient (Wildman–Crippen LogP) is 0.875. The van der Waals surface area contributed by atoms with Crippen molar-refractivity contribution in [2.75, 3.05) is 13.1 Å². The van der Waals surface area contributed by atoms with Gasteiger partial charge >= 0.3 is 0 Å².